The van der Waals surface area contributed by atoms with Gasteiger partial charge in [-0.3, -0.25) is 0 Å². The maximum atomic E-state index is 9.18. The second-order valence-corrected chi connectivity index (χ2v) is 4.25. The van der Waals surface area contributed by atoms with Crippen molar-refractivity contribution in [3.8, 4) is 17.2 Å². The molecule has 0 bridgehead atoms. The molecule has 1 aromatic carbocycles. The lowest BCUT2D eigenvalue weighted by Crippen LogP contribution is -2.23. The first-order valence-corrected chi connectivity index (χ1v) is 5.51. The van der Waals surface area contributed by atoms with Crippen molar-refractivity contribution in [1.29, 1.82) is 0 Å². The normalized spacial score (nSPS) is 20.3. The Hall–Kier alpha value is -1.42. The molecule has 2 aliphatic rings. The molecule has 1 aliphatic carbocycles. The third-order valence-corrected chi connectivity index (χ3v) is 2.94. The van der Waals surface area contributed by atoms with E-state index in [4.69, 9.17) is 14.2 Å². The van der Waals surface area contributed by atoms with Crippen LogP contribution in [-0.2, 0) is 0 Å². The molecule has 0 spiro atoms. The van der Waals surface area contributed by atoms with Crippen LogP contribution in [0, 0.1) is 0 Å². The molecule has 3 rings (SSSR count). The number of fused-ring (bicyclic) bond motifs is 1. The molecule has 4 heteroatoms. The van der Waals surface area contributed by atoms with E-state index in [9.17, 15) is 5.11 Å². The van der Waals surface area contributed by atoms with Crippen molar-refractivity contribution in [3.63, 3.8) is 0 Å². The SMILES string of the molecule is OCC1(Oc2ccc3c(c2)OCCO3)CC1. The molecule has 4 nitrogen and oxygen atoms in total. The van der Waals surface area contributed by atoms with Gasteiger partial charge in [-0.05, 0) is 25.0 Å². The summed E-state index contributed by atoms with van der Waals surface area (Å²) in [6.07, 6.45) is 1.83. The summed E-state index contributed by atoms with van der Waals surface area (Å²) in [7, 11) is 0. The van der Waals surface area contributed by atoms with E-state index in [0.29, 0.717) is 13.2 Å². The van der Waals surface area contributed by atoms with Crippen LogP contribution < -0.4 is 14.2 Å². The largest absolute Gasteiger partial charge is 0.486 e. The Bertz CT molecular complexity index is 398. The lowest BCUT2D eigenvalue weighted by atomic mass is 10.2. The number of benzene rings is 1. The zero-order chi connectivity index (χ0) is 11.0. The Morgan fingerprint density at radius 2 is 1.94 bits per heavy atom. The second kappa shape index (κ2) is 3.56. The fourth-order valence-electron chi connectivity index (χ4n) is 1.77. The van der Waals surface area contributed by atoms with Crippen LogP contribution in [0.4, 0.5) is 0 Å². The molecule has 16 heavy (non-hydrogen) atoms. The average Bonchev–Trinajstić information content (AvgIpc) is 3.09. The molecular formula is C12H14O4. The van der Waals surface area contributed by atoms with Crippen molar-refractivity contribution in [2.45, 2.75) is 18.4 Å². The molecule has 1 N–H and O–H groups in total. The van der Waals surface area contributed by atoms with E-state index in [1.807, 2.05) is 18.2 Å². The van der Waals surface area contributed by atoms with Gasteiger partial charge in [0.1, 0.15) is 24.6 Å². The van der Waals surface area contributed by atoms with Gasteiger partial charge in [0.05, 0.1) is 6.61 Å². The standard InChI is InChI=1S/C12H14O4/c13-8-12(3-4-12)16-9-1-2-10-11(7-9)15-6-5-14-10/h1-2,7,13H,3-6,8H2. The predicted molar refractivity (Wildman–Crippen MR) is 57.1 cm³/mol. The first-order valence-electron chi connectivity index (χ1n) is 5.51. The molecule has 0 unspecified atom stereocenters. The van der Waals surface area contributed by atoms with Gasteiger partial charge in [-0.25, -0.2) is 0 Å². The number of aliphatic hydroxyl groups is 1. The molecule has 1 aliphatic heterocycles. The molecule has 0 saturated heterocycles. The first kappa shape index (κ1) is 9.78. The van der Waals surface area contributed by atoms with Crippen LogP contribution >= 0.6 is 0 Å². The summed E-state index contributed by atoms with van der Waals surface area (Å²) < 4.78 is 16.6. The van der Waals surface area contributed by atoms with E-state index in [0.717, 1.165) is 30.1 Å². The summed E-state index contributed by atoms with van der Waals surface area (Å²) in [6, 6.07) is 5.52. The highest BCUT2D eigenvalue weighted by Crippen LogP contribution is 2.42. The first-order chi connectivity index (χ1) is 7.81. The van der Waals surface area contributed by atoms with Gasteiger partial charge in [-0.2, -0.15) is 0 Å². The predicted octanol–water partition coefficient (Wildman–Crippen LogP) is 1.36. The summed E-state index contributed by atoms with van der Waals surface area (Å²) in [5.74, 6) is 2.21. The maximum Gasteiger partial charge on any atom is 0.165 e. The number of ether oxygens (including phenoxy) is 3. The van der Waals surface area contributed by atoms with Crippen LogP contribution in [0.2, 0.25) is 0 Å². The van der Waals surface area contributed by atoms with E-state index >= 15 is 0 Å². The minimum atomic E-state index is -0.343. The minimum Gasteiger partial charge on any atom is -0.486 e. The van der Waals surface area contributed by atoms with Crippen molar-refractivity contribution < 1.29 is 19.3 Å². The smallest absolute Gasteiger partial charge is 0.165 e. The fraction of sp³-hybridized carbons (Fsp3) is 0.500. The van der Waals surface area contributed by atoms with Crippen molar-refractivity contribution >= 4 is 0 Å². The minimum absolute atomic E-state index is 0.0709. The molecule has 0 aromatic heterocycles. The Balaban J connectivity index is 1.80. The van der Waals surface area contributed by atoms with Gasteiger partial charge in [-0.1, -0.05) is 0 Å². The molecule has 1 saturated carbocycles. The highest BCUT2D eigenvalue weighted by atomic mass is 16.6. The van der Waals surface area contributed by atoms with Crippen molar-refractivity contribution in [1.82, 2.24) is 0 Å². The van der Waals surface area contributed by atoms with E-state index < -0.39 is 0 Å². The monoisotopic (exact) mass is 222 g/mol. The van der Waals surface area contributed by atoms with Crippen molar-refractivity contribution in [2.24, 2.45) is 0 Å². The van der Waals surface area contributed by atoms with Gasteiger partial charge in [0.2, 0.25) is 0 Å². The number of hydrogen-bond acceptors (Lipinski definition) is 4. The molecule has 0 radical (unpaired) electrons. The van der Waals surface area contributed by atoms with Crippen LogP contribution in [0.1, 0.15) is 12.8 Å². The van der Waals surface area contributed by atoms with E-state index in [-0.39, 0.29) is 12.2 Å². The molecular weight excluding hydrogens is 208 g/mol. The zero-order valence-electron chi connectivity index (χ0n) is 8.94. The number of hydrogen-bond donors (Lipinski definition) is 1. The van der Waals surface area contributed by atoms with E-state index in [2.05, 4.69) is 0 Å². The highest BCUT2D eigenvalue weighted by molar-refractivity contribution is 5.46. The third kappa shape index (κ3) is 1.69. The number of aliphatic hydroxyl groups excluding tert-OH is 1. The summed E-state index contributed by atoms with van der Waals surface area (Å²) in [5, 5.41) is 9.18. The molecule has 1 heterocycles. The summed E-state index contributed by atoms with van der Waals surface area (Å²) in [6.45, 7) is 1.23. The molecule has 0 atom stereocenters. The van der Waals surface area contributed by atoms with Crippen LogP contribution in [0.5, 0.6) is 17.2 Å². The van der Waals surface area contributed by atoms with Gasteiger partial charge >= 0.3 is 0 Å². The fourth-order valence-corrected chi connectivity index (χ4v) is 1.77. The molecule has 0 amide bonds. The summed E-state index contributed by atoms with van der Waals surface area (Å²) in [4.78, 5) is 0. The third-order valence-electron chi connectivity index (χ3n) is 2.94. The van der Waals surface area contributed by atoms with Gasteiger partial charge in [0.25, 0.3) is 0 Å². The van der Waals surface area contributed by atoms with Crippen molar-refractivity contribution in [2.75, 3.05) is 19.8 Å². The van der Waals surface area contributed by atoms with Crippen LogP contribution in [-0.4, -0.2) is 30.5 Å². The van der Waals surface area contributed by atoms with E-state index in [1.165, 1.54) is 0 Å². The van der Waals surface area contributed by atoms with Crippen LogP contribution in [0.15, 0.2) is 18.2 Å². The van der Waals surface area contributed by atoms with Gasteiger partial charge in [-0.15, -0.1) is 0 Å². The maximum absolute atomic E-state index is 9.18. The quantitative estimate of drug-likeness (QED) is 0.839. The van der Waals surface area contributed by atoms with E-state index in [1.54, 1.807) is 0 Å². The Kier molecular flexibility index (Phi) is 2.17. The highest BCUT2D eigenvalue weighted by Gasteiger charge is 2.45. The molecule has 1 aromatic rings. The van der Waals surface area contributed by atoms with Gasteiger partial charge in [0, 0.05) is 6.07 Å². The molecule has 1 fully saturated rings. The average molecular weight is 222 g/mol. The van der Waals surface area contributed by atoms with Gasteiger partial charge in [0.15, 0.2) is 11.5 Å². The lowest BCUT2D eigenvalue weighted by molar-refractivity contribution is 0.0942. The zero-order valence-corrected chi connectivity index (χ0v) is 8.94. The Labute approximate surface area is 93.7 Å². The number of rotatable bonds is 3. The van der Waals surface area contributed by atoms with Crippen LogP contribution in [0.3, 0.4) is 0 Å². The second-order valence-electron chi connectivity index (χ2n) is 4.25. The Morgan fingerprint density at radius 1 is 1.19 bits per heavy atom. The molecule has 86 valence electrons. The Morgan fingerprint density at radius 3 is 2.62 bits per heavy atom. The topological polar surface area (TPSA) is 47.9 Å². The van der Waals surface area contributed by atoms with Crippen LogP contribution in [0.25, 0.3) is 0 Å². The summed E-state index contributed by atoms with van der Waals surface area (Å²) >= 11 is 0. The lowest BCUT2D eigenvalue weighted by Gasteiger charge is -2.20. The van der Waals surface area contributed by atoms with Crippen molar-refractivity contribution in [3.05, 3.63) is 18.2 Å². The summed E-state index contributed by atoms with van der Waals surface area (Å²) in [5.41, 5.74) is -0.343. The van der Waals surface area contributed by atoms with Gasteiger partial charge < -0.3 is 19.3 Å².